The number of halogens is 2. The van der Waals surface area contributed by atoms with Crippen LogP contribution in [0.4, 0.5) is 0 Å². The number of nitrogens with one attached hydrogen (secondary N) is 2. The summed E-state index contributed by atoms with van der Waals surface area (Å²) in [4.78, 5) is 0. The zero-order valence-corrected chi connectivity index (χ0v) is 12.4. The van der Waals surface area contributed by atoms with E-state index >= 15 is 0 Å². The van der Waals surface area contributed by atoms with Crippen molar-refractivity contribution in [1.29, 1.82) is 10.8 Å². The Morgan fingerprint density at radius 1 is 0.600 bits per heavy atom. The third kappa shape index (κ3) is 7.41. The van der Waals surface area contributed by atoms with E-state index < -0.39 is 0 Å². The molecule has 0 bridgehead atoms. The highest BCUT2D eigenvalue weighted by Crippen LogP contribution is 1.95. The van der Waals surface area contributed by atoms with Crippen LogP contribution in [0.3, 0.4) is 0 Å². The molecule has 2 aromatic carbocycles. The molecule has 0 spiro atoms. The molecule has 0 amide bonds. The normalized spacial score (nSPS) is 8.00. The minimum Gasteiger partial charge on any atom is -0.384 e. The van der Waals surface area contributed by atoms with Crippen molar-refractivity contribution in [3.05, 3.63) is 71.8 Å². The van der Waals surface area contributed by atoms with Crippen LogP contribution in [0.1, 0.15) is 11.1 Å². The Hall–Kier alpha value is -2.04. The van der Waals surface area contributed by atoms with Crippen molar-refractivity contribution in [1.82, 2.24) is 0 Å². The monoisotopic (exact) mass is 312 g/mol. The summed E-state index contributed by atoms with van der Waals surface area (Å²) in [5.41, 5.74) is 11.9. The number of nitrogens with two attached hydrogens (primary N) is 2. The quantitative estimate of drug-likeness (QED) is 0.506. The Labute approximate surface area is 131 Å². The summed E-state index contributed by atoms with van der Waals surface area (Å²) in [6.45, 7) is 0. The lowest BCUT2D eigenvalue weighted by Gasteiger charge is -1.93. The highest BCUT2D eigenvalue weighted by molar-refractivity contribution is 5.95. The summed E-state index contributed by atoms with van der Waals surface area (Å²) in [7, 11) is 0. The first-order valence-electron chi connectivity index (χ1n) is 5.40. The minimum absolute atomic E-state index is 0. The van der Waals surface area contributed by atoms with Gasteiger partial charge in [-0.2, -0.15) is 0 Å². The van der Waals surface area contributed by atoms with E-state index in [1.54, 1.807) is 0 Å². The number of hydrogen-bond donors (Lipinski definition) is 4. The van der Waals surface area contributed by atoms with Gasteiger partial charge < -0.3 is 11.5 Å². The average Bonchev–Trinajstić information content (AvgIpc) is 2.41. The van der Waals surface area contributed by atoms with Crippen molar-refractivity contribution in [3.8, 4) is 0 Å². The van der Waals surface area contributed by atoms with Crippen LogP contribution < -0.4 is 11.5 Å². The third-order valence-corrected chi connectivity index (χ3v) is 2.17. The lowest BCUT2D eigenvalue weighted by molar-refractivity contribution is 1.42. The summed E-state index contributed by atoms with van der Waals surface area (Å²) in [6, 6.07) is 18.5. The first kappa shape index (κ1) is 20.3. The molecule has 2 aromatic rings. The number of rotatable bonds is 2. The molecular formula is C14H18Cl2N4. The molecule has 6 heteroatoms. The lowest BCUT2D eigenvalue weighted by atomic mass is 10.2. The molecule has 0 radical (unpaired) electrons. The van der Waals surface area contributed by atoms with Crippen LogP contribution in [0.25, 0.3) is 0 Å². The van der Waals surface area contributed by atoms with Gasteiger partial charge in [0, 0.05) is 11.1 Å². The molecule has 0 atom stereocenters. The topological polar surface area (TPSA) is 99.7 Å². The summed E-state index contributed by atoms with van der Waals surface area (Å²) in [5, 5.41) is 14.0. The molecule has 0 aliphatic carbocycles. The van der Waals surface area contributed by atoms with E-state index in [1.807, 2.05) is 60.7 Å². The van der Waals surface area contributed by atoms with Crippen LogP contribution in [0.5, 0.6) is 0 Å². The predicted octanol–water partition coefficient (Wildman–Crippen LogP) is 2.78. The molecule has 0 saturated carbocycles. The van der Waals surface area contributed by atoms with E-state index in [0.29, 0.717) is 0 Å². The summed E-state index contributed by atoms with van der Waals surface area (Å²) < 4.78 is 0. The van der Waals surface area contributed by atoms with E-state index in [2.05, 4.69) is 0 Å². The van der Waals surface area contributed by atoms with Crippen LogP contribution in [0, 0.1) is 10.8 Å². The van der Waals surface area contributed by atoms with Crippen molar-refractivity contribution in [2.45, 2.75) is 0 Å². The number of hydrogen-bond acceptors (Lipinski definition) is 2. The second kappa shape index (κ2) is 10.8. The van der Waals surface area contributed by atoms with Gasteiger partial charge in [-0.25, -0.2) is 0 Å². The van der Waals surface area contributed by atoms with Gasteiger partial charge in [-0.1, -0.05) is 60.7 Å². The van der Waals surface area contributed by atoms with Crippen LogP contribution in [0.15, 0.2) is 60.7 Å². The molecule has 0 fully saturated rings. The minimum atomic E-state index is 0. The molecule has 4 nitrogen and oxygen atoms in total. The summed E-state index contributed by atoms with van der Waals surface area (Å²) in [6.07, 6.45) is 0. The second-order valence-electron chi connectivity index (χ2n) is 3.56. The molecule has 2 rings (SSSR count). The molecule has 0 aromatic heterocycles. The standard InChI is InChI=1S/2C7H8N2.2ClH/c2*8-7(9)6-4-2-1-3-5-6;;/h2*1-5H,(H3,8,9);2*1H. The number of benzene rings is 2. The molecule has 6 N–H and O–H groups in total. The van der Waals surface area contributed by atoms with Gasteiger partial charge in [0.05, 0.1) is 0 Å². The maximum atomic E-state index is 7.01. The first-order valence-corrected chi connectivity index (χ1v) is 5.40. The fraction of sp³-hybridized carbons (Fsp3) is 0. The second-order valence-corrected chi connectivity index (χ2v) is 3.56. The van der Waals surface area contributed by atoms with Gasteiger partial charge in [0.25, 0.3) is 0 Å². The number of amidine groups is 2. The largest absolute Gasteiger partial charge is 0.384 e. The highest BCUT2D eigenvalue weighted by atomic mass is 35.5. The molecular weight excluding hydrogens is 295 g/mol. The molecule has 0 heterocycles. The predicted molar refractivity (Wildman–Crippen MR) is 89.4 cm³/mol. The van der Waals surface area contributed by atoms with Gasteiger partial charge >= 0.3 is 0 Å². The van der Waals surface area contributed by atoms with Crippen molar-refractivity contribution >= 4 is 36.5 Å². The van der Waals surface area contributed by atoms with Crippen molar-refractivity contribution in [3.63, 3.8) is 0 Å². The van der Waals surface area contributed by atoms with E-state index in [0.717, 1.165) is 11.1 Å². The van der Waals surface area contributed by atoms with E-state index in [4.69, 9.17) is 22.3 Å². The van der Waals surface area contributed by atoms with Gasteiger partial charge in [0.15, 0.2) is 0 Å². The Bertz CT molecular complexity index is 466. The SMILES string of the molecule is Cl.Cl.N=C(N)c1ccccc1.N=C(N)c1ccccc1. The maximum absolute atomic E-state index is 7.01. The van der Waals surface area contributed by atoms with Crippen molar-refractivity contribution in [2.75, 3.05) is 0 Å². The third-order valence-electron chi connectivity index (χ3n) is 2.17. The van der Waals surface area contributed by atoms with Gasteiger partial charge in [-0.15, -0.1) is 24.8 Å². The van der Waals surface area contributed by atoms with E-state index in [9.17, 15) is 0 Å². The molecule has 20 heavy (non-hydrogen) atoms. The number of nitrogen functional groups attached to an aromatic ring is 2. The molecule has 0 aliphatic heterocycles. The molecule has 0 aliphatic rings. The fourth-order valence-corrected chi connectivity index (χ4v) is 1.24. The molecule has 0 saturated heterocycles. The van der Waals surface area contributed by atoms with E-state index in [1.165, 1.54) is 0 Å². The summed E-state index contributed by atoms with van der Waals surface area (Å²) in [5.74, 6) is 0.242. The Balaban J connectivity index is 0. The van der Waals surface area contributed by atoms with Crippen LogP contribution in [-0.2, 0) is 0 Å². The maximum Gasteiger partial charge on any atom is 0.122 e. The lowest BCUT2D eigenvalue weighted by Crippen LogP contribution is -2.10. The van der Waals surface area contributed by atoms with Gasteiger partial charge in [0.2, 0.25) is 0 Å². The summed E-state index contributed by atoms with van der Waals surface area (Å²) >= 11 is 0. The zero-order chi connectivity index (χ0) is 13.4. The van der Waals surface area contributed by atoms with Crippen molar-refractivity contribution < 1.29 is 0 Å². The van der Waals surface area contributed by atoms with Gasteiger partial charge in [-0.05, 0) is 0 Å². The fourth-order valence-electron chi connectivity index (χ4n) is 1.24. The van der Waals surface area contributed by atoms with Gasteiger partial charge in [0.1, 0.15) is 11.7 Å². The Morgan fingerprint density at radius 3 is 1.00 bits per heavy atom. The highest BCUT2D eigenvalue weighted by Gasteiger charge is 1.89. The Morgan fingerprint density at radius 2 is 0.850 bits per heavy atom. The van der Waals surface area contributed by atoms with E-state index in [-0.39, 0.29) is 36.5 Å². The molecule has 108 valence electrons. The van der Waals surface area contributed by atoms with Crippen LogP contribution in [0.2, 0.25) is 0 Å². The van der Waals surface area contributed by atoms with Gasteiger partial charge in [-0.3, -0.25) is 10.8 Å². The van der Waals surface area contributed by atoms with Crippen LogP contribution >= 0.6 is 24.8 Å². The Kier molecular flexibility index (Phi) is 11.0. The first-order chi connectivity index (χ1) is 8.61. The van der Waals surface area contributed by atoms with Crippen molar-refractivity contribution in [2.24, 2.45) is 11.5 Å². The smallest absolute Gasteiger partial charge is 0.122 e. The van der Waals surface area contributed by atoms with Crippen LogP contribution in [-0.4, -0.2) is 11.7 Å². The average molecular weight is 313 g/mol. The molecule has 0 unspecified atom stereocenters. The zero-order valence-electron chi connectivity index (χ0n) is 10.7.